The van der Waals surface area contributed by atoms with Crippen LogP contribution in [0.3, 0.4) is 0 Å². The van der Waals surface area contributed by atoms with Gasteiger partial charge in [0.2, 0.25) is 0 Å². The van der Waals surface area contributed by atoms with Crippen molar-refractivity contribution in [3.05, 3.63) is 29.3 Å². The molecular formula is C18H25NO4. The molecule has 1 aliphatic rings. The van der Waals surface area contributed by atoms with Gasteiger partial charge in [0, 0.05) is 6.54 Å². The van der Waals surface area contributed by atoms with Crippen molar-refractivity contribution >= 4 is 11.9 Å². The minimum atomic E-state index is -0.575. The number of carbonyl (C=O) groups is 2. The molecule has 1 saturated heterocycles. The van der Waals surface area contributed by atoms with Gasteiger partial charge < -0.3 is 9.47 Å². The van der Waals surface area contributed by atoms with Gasteiger partial charge in [-0.15, -0.1) is 0 Å². The van der Waals surface area contributed by atoms with Crippen molar-refractivity contribution in [2.24, 2.45) is 0 Å². The molecule has 0 saturated carbocycles. The molecule has 0 spiro atoms. The molecule has 23 heavy (non-hydrogen) atoms. The lowest BCUT2D eigenvalue weighted by atomic mass is 10.00. The standard InChI is InChI=1S/C18H25NO4/c1-12-8-9-13(15(11-12)22-5)16(20)14-7-6-10-19(14)17(21)23-18(2,3)4/h8-9,11,14H,6-7,10H2,1-5H3/t14-/m0/s1. The van der Waals surface area contributed by atoms with E-state index in [2.05, 4.69) is 0 Å². The first kappa shape index (κ1) is 17.3. The Hall–Kier alpha value is -2.04. The molecule has 0 radical (unpaired) electrons. The monoisotopic (exact) mass is 319 g/mol. The van der Waals surface area contributed by atoms with Crippen LogP contribution in [0.2, 0.25) is 0 Å². The van der Waals surface area contributed by atoms with Crippen LogP contribution >= 0.6 is 0 Å². The first-order chi connectivity index (χ1) is 10.7. The van der Waals surface area contributed by atoms with Crippen LogP contribution in [-0.4, -0.2) is 42.1 Å². The van der Waals surface area contributed by atoms with Crippen LogP contribution in [0.25, 0.3) is 0 Å². The van der Waals surface area contributed by atoms with E-state index in [-0.39, 0.29) is 5.78 Å². The third-order valence-electron chi connectivity index (χ3n) is 3.81. The Labute approximate surface area is 137 Å². The molecule has 1 amide bonds. The number of nitrogens with zero attached hydrogens (tertiary/aromatic N) is 1. The van der Waals surface area contributed by atoms with Gasteiger partial charge in [-0.1, -0.05) is 6.07 Å². The molecule has 126 valence electrons. The molecule has 5 heteroatoms. The van der Waals surface area contributed by atoms with E-state index >= 15 is 0 Å². The first-order valence-corrected chi connectivity index (χ1v) is 7.91. The second-order valence-corrected chi connectivity index (χ2v) is 6.90. The van der Waals surface area contributed by atoms with Crippen LogP contribution in [0.5, 0.6) is 5.75 Å². The van der Waals surface area contributed by atoms with Gasteiger partial charge in [-0.05, 0) is 58.2 Å². The van der Waals surface area contributed by atoms with Crippen LogP contribution in [0.4, 0.5) is 4.79 Å². The highest BCUT2D eigenvalue weighted by molar-refractivity contribution is 6.03. The van der Waals surface area contributed by atoms with Gasteiger partial charge in [-0.3, -0.25) is 9.69 Å². The minimum absolute atomic E-state index is 0.0924. The van der Waals surface area contributed by atoms with Gasteiger partial charge in [0.05, 0.1) is 18.7 Å². The van der Waals surface area contributed by atoms with E-state index in [1.165, 1.54) is 4.90 Å². The van der Waals surface area contributed by atoms with Crippen molar-refractivity contribution in [1.82, 2.24) is 4.90 Å². The Balaban J connectivity index is 2.23. The third-order valence-corrected chi connectivity index (χ3v) is 3.81. The van der Waals surface area contributed by atoms with Crippen molar-refractivity contribution in [1.29, 1.82) is 0 Å². The topological polar surface area (TPSA) is 55.8 Å². The number of rotatable bonds is 3. The van der Waals surface area contributed by atoms with E-state index in [4.69, 9.17) is 9.47 Å². The summed E-state index contributed by atoms with van der Waals surface area (Å²) in [6.07, 6.45) is 1.01. The summed E-state index contributed by atoms with van der Waals surface area (Å²) in [6.45, 7) is 7.95. The summed E-state index contributed by atoms with van der Waals surface area (Å²) in [4.78, 5) is 26.8. The second kappa shape index (κ2) is 6.60. The number of hydrogen-bond acceptors (Lipinski definition) is 4. The Morgan fingerprint density at radius 2 is 1.96 bits per heavy atom. The van der Waals surface area contributed by atoms with E-state index in [1.54, 1.807) is 13.2 Å². The number of aryl methyl sites for hydroxylation is 1. The molecule has 1 aliphatic heterocycles. The highest BCUT2D eigenvalue weighted by Crippen LogP contribution is 2.28. The predicted octanol–water partition coefficient (Wildman–Crippen LogP) is 3.59. The smallest absolute Gasteiger partial charge is 0.410 e. The molecule has 1 heterocycles. The summed E-state index contributed by atoms with van der Waals surface area (Å²) in [5, 5.41) is 0. The van der Waals surface area contributed by atoms with Crippen LogP contribution < -0.4 is 4.74 Å². The second-order valence-electron chi connectivity index (χ2n) is 6.90. The Morgan fingerprint density at radius 1 is 1.26 bits per heavy atom. The average Bonchev–Trinajstić information content (AvgIpc) is 2.94. The quantitative estimate of drug-likeness (QED) is 0.799. The fraction of sp³-hybridized carbons (Fsp3) is 0.556. The zero-order valence-electron chi connectivity index (χ0n) is 14.5. The van der Waals surface area contributed by atoms with Crippen LogP contribution in [-0.2, 0) is 4.74 Å². The Morgan fingerprint density at radius 3 is 2.57 bits per heavy atom. The summed E-state index contributed by atoms with van der Waals surface area (Å²) in [5.41, 5.74) is 0.960. The van der Waals surface area contributed by atoms with Crippen LogP contribution in [0.1, 0.15) is 49.5 Å². The molecule has 1 aromatic carbocycles. The SMILES string of the molecule is COc1cc(C)ccc1C(=O)[C@@H]1CCCN1C(=O)OC(C)(C)C. The van der Waals surface area contributed by atoms with Gasteiger partial charge in [0.25, 0.3) is 0 Å². The highest BCUT2D eigenvalue weighted by Gasteiger charge is 2.37. The maximum Gasteiger partial charge on any atom is 0.410 e. The molecule has 0 N–H and O–H groups in total. The summed E-state index contributed by atoms with van der Waals surface area (Å²) >= 11 is 0. The van der Waals surface area contributed by atoms with Crippen molar-refractivity contribution in [3.63, 3.8) is 0 Å². The number of hydrogen-bond donors (Lipinski definition) is 0. The Bertz CT molecular complexity index is 604. The molecule has 5 nitrogen and oxygen atoms in total. The van der Waals surface area contributed by atoms with Gasteiger partial charge in [0.15, 0.2) is 5.78 Å². The molecular weight excluding hydrogens is 294 g/mol. The van der Waals surface area contributed by atoms with Crippen molar-refractivity contribution in [3.8, 4) is 5.75 Å². The summed E-state index contributed by atoms with van der Waals surface area (Å²) < 4.78 is 10.7. The van der Waals surface area contributed by atoms with Crippen LogP contribution in [0, 0.1) is 6.92 Å². The minimum Gasteiger partial charge on any atom is -0.496 e. The largest absolute Gasteiger partial charge is 0.496 e. The predicted molar refractivity (Wildman–Crippen MR) is 88.0 cm³/mol. The van der Waals surface area contributed by atoms with Gasteiger partial charge in [-0.25, -0.2) is 4.79 Å². The number of ketones is 1. The third kappa shape index (κ3) is 4.03. The zero-order chi connectivity index (χ0) is 17.2. The normalized spacial score (nSPS) is 18.0. The van der Waals surface area contributed by atoms with E-state index in [0.29, 0.717) is 24.3 Å². The molecule has 1 fully saturated rings. The molecule has 0 unspecified atom stereocenters. The molecule has 0 aromatic heterocycles. The number of Topliss-reactive ketones (excluding diaryl/α,β-unsaturated/α-hetero) is 1. The lowest BCUT2D eigenvalue weighted by molar-refractivity contribution is 0.0222. The maximum atomic E-state index is 12.9. The first-order valence-electron chi connectivity index (χ1n) is 7.91. The van der Waals surface area contributed by atoms with E-state index < -0.39 is 17.7 Å². The highest BCUT2D eigenvalue weighted by atomic mass is 16.6. The Kier molecular flexibility index (Phi) is 4.97. The lowest BCUT2D eigenvalue weighted by Gasteiger charge is -2.28. The van der Waals surface area contributed by atoms with Gasteiger partial charge >= 0.3 is 6.09 Å². The molecule has 1 atom stereocenters. The average molecular weight is 319 g/mol. The fourth-order valence-corrected chi connectivity index (χ4v) is 2.76. The number of ether oxygens (including phenoxy) is 2. The number of carbonyl (C=O) groups excluding carboxylic acids is 2. The lowest BCUT2D eigenvalue weighted by Crippen LogP contribution is -2.43. The van der Waals surface area contributed by atoms with Crippen molar-refractivity contribution in [2.75, 3.05) is 13.7 Å². The number of methoxy groups -OCH3 is 1. The van der Waals surface area contributed by atoms with Gasteiger partial charge in [0.1, 0.15) is 11.4 Å². The zero-order valence-corrected chi connectivity index (χ0v) is 14.5. The number of amides is 1. The van der Waals surface area contributed by atoms with Crippen molar-refractivity contribution in [2.45, 2.75) is 52.2 Å². The van der Waals surface area contributed by atoms with E-state index in [0.717, 1.165) is 12.0 Å². The van der Waals surface area contributed by atoms with Crippen LogP contribution in [0.15, 0.2) is 18.2 Å². The number of likely N-dealkylation sites (tertiary alicyclic amines) is 1. The summed E-state index contributed by atoms with van der Waals surface area (Å²) in [7, 11) is 1.55. The van der Waals surface area contributed by atoms with E-state index in [9.17, 15) is 9.59 Å². The molecule has 0 bridgehead atoms. The van der Waals surface area contributed by atoms with E-state index in [1.807, 2.05) is 39.8 Å². The maximum absolute atomic E-state index is 12.9. The van der Waals surface area contributed by atoms with Crippen molar-refractivity contribution < 1.29 is 19.1 Å². The molecule has 0 aliphatic carbocycles. The van der Waals surface area contributed by atoms with Gasteiger partial charge in [-0.2, -0.15) is 0 Å². The number of benzene rings is 1. The summed E-state index contributed by atoms with van der Waals surface area (Å²) in [5.74, 6) is 0.455. The molecule has 2 rings (SSSR count). The fourth-order valence-electron chi connectivity index (χ4n) is 2.76. The summed E-state index contributed by atoms with van der Waals surface area (Å²) in [6, 6.07) is 4.99. The molecule has 1 aromatic rings.